The van der Waals surface area contributed by atoms with E-state index < -0.39 is 0 Å². The Bertz CT molecular complexity index is 489. The highest BCUT2D eigenvalue weighted by molar-refractivity contribution is 14.0. The van der Waals surface area contributed by atoms with E-state index in [0.29, 0.717) is 18.0 Å². The summed E-state index contributed by atoms with van der Waals surface area (Å²) in [4.78, 5) is 21.7. The van der Waals surface area contributed by atoms with Crippen molar-refractivity contribution in [3.8, 4) is 0 Å². The first-order chi connectivity index (χ1) is 12.7. The van der Waals surface area contributed by atoms with Crippen molar-refractivity contribution in [2.45, 2.75) is 70.4 Å². The monoisotopic (exact) mass is 491 g/mol. The van der Waals surface area contributed by atoms with Gasteiger partial charge in [-0.15, -0.1) is 24.0 Å². The van der Waals surface area contributed by atoms with Crippen LogP contribution < -0.4 is 10.6 Å². The van der Waals surface area contributed by atoms with Crippen molar-refractivity contribution in [2.24, 2.45) is 10.9 Å². The molecule has 3 rings (SSSR count). The number of likely N-dealkylation sites (tertiary alicyclic amines) is 2. The Morgan fingerprint density at radius 1 is 1.11 bits per heavy atom. The lowest BCUT2D eigenvalue weighted by Crippen LogP contribution is -2.49. The Kier molecular flexibility index (Phi) is 9.62. The summed E-state index contributed by atoms with van der Waals surface area (Å²) >= 11 is 0. The maximum Gasteiger partial charge on any atom is 0.225 e. The predicted molar refractivity (Wildman–Crippen MR) is 122 cm³/mol. The molecule has 2 N–H and O–H groups in total. The molecule has 0 aromatic rings. The molecule has 0 bridgehead atoms. The van der Waals surface area contributed by atoms with Crippen LogP contribution in [0.4, 0.5) is 0 Å². The third kappa shape index (κ3) is 6.21. The van der Waals surface area contributed by atoms with Gasteiger partial charge in [0.15, 0.2) is 5.96 Å². The van der Waals surface area contributed by atoms with E-state index in [1.165, 1.54) is 38.8 Å². The Balaban J connectivity index is 0.00000261. The first kappa shape index (κ1) is 22.7. The smallest absolute Gasteiger partial charge is 0.225 e. The van der Waals surface area contributed by atoms with Crippen LogP contribution in [0.1, 0.15) is 58.3 Å². The van der Waals surface area contributed by atoms with Gasteiger partial charge in [-0.05, 0) is 51.6 Å². The van der Waals surface area contributed by atoms with Crippen LogP contribution in [-0.4, -0.2) is 73.5 Å². The molecule has 0 aromatic carbocycles. The standard InChI is InChI=1S/C20H37N5O.HI/c1-3-18(24-11-6-7-12-24)14-22-20(21-2)23-17-10-13-25(15-17)19(26)16-8-4-5-9-16;/h16-18H,3-15H2,1-2H3,(H2,21,22,23);1H. The van der Waals surface area contributed by atoms with Crippen LogP contribution in [-0.2, 0) is 4.79 Å². The molecule has 2 aliphatic heterocycles. The van der Waals surface area contributed by atoms with Gasteiger partial charge in [0.1, 0.15) is 0 Å². The molecule has 0 spiro atoms. The molecule has 0 aromatic heterocycles. The summed E-state index contributed by atoms with van der Waals surface area (Å²) in [6, 6.07) is 0.901. The van der Waals surface area contributed by atoms with Crippen LogP contribution in [0.3, 0.4) is 0 Å². The SMILES string of the molecule is CCC(CNC(=NC)NC1CCN(C(=O)C2CCCC2)C1)N1CCCC1.I. The fourth-order valence-electron chi connectivity index (χ4n) is 4.75. The van der Waals surface area contributed by atoms with Gasteiger partial charge < -0.3 is 15.5 Å². The number of hydrogen-bond donors (Lipinski definition) is 2. The van der Waals surface area contributed by atoms with E-state index in [1.54, 1.807) is 0 Å². The zero-order valence-electron chi connectivity index (χ0n) is 17.1. The number of nitrogens with zero attached hydrogens (tertiary/aromatic N) is 3. The number of guanidine groups is 1. The minimum Gasteiger partial charge on any atom is -0.355 e. The molecule has 2 heterocycles. The van der Waals surface area contributed by atoms with E-state index in [-0.39, 0.29) is 29.9 Å². The van der Waals surface area contributed by atoms with Gasteiger partial charge in [-0.1, -0.05) is 19.8 Å². The maximum atomic E-state index is 12.6. The number of nitrogens with one attached hydrogen (secondary N) is 2. The molecule has 2 unspecified atom stereocenters. The summed E-state index contributed by atoms with van der Waals surface area (Å²) in [5.41, 5.74) is 0. The van der Waals surface area contributed by atoms with E-state index in [1.807, 2.05) is 7.05 Å². The predicted octanol–water partition coefficient (Wildman–Crippen LogP) is 2.43. The molecular formula is C20H38IN5O. The van der Waals surface area contributed by atoms with Gasteiger partial charge in [-0.2, -0.15) is 0 Å². The number of hydrogen-bond acceptors (Lipinski definition) is 3. The highest BCUT2D eigenvalue weighted by Gasteiger charge is 2.32. The van der Waals surface area contributed by atoms with Crippen molar-refractivity contribution >= 4 is 35.8 Å². The first-order valence-electron chi connectivity index (χ1n) is 10.7. The maximum absolute atomic E-state index is 12.6. The number of rotatable bonds is 6. The van der Waals surface area contributed by atoms with Crippen LogP contribution in [0, 0.1) is 5.92 Å². The average molecular weight is 491 g/mol. The fraction of sp³-hybridized carbons (Fsp3) is 0.900. The summed E-state index contributed by atoms with van der Waals surface area (Å²) < 4.78 is 0. The molecule has 6 nitrogen and oxygen atoms in total. The van der Waals surface area contributed by atoms with E-state index in [2.05, 4.69) is 32.3 Å². The third-order valence-corrected chi connectivity index (χ3v) is 6.40. The Labute approximate surface area is 181 Å². The Morgan fingerprint density at radius 2 is 1.81 bits per heavy atom. The van der Waals surface area contributed by atoms with Gasteiger partial charge in [-0.3, -0.25) is 14.7 Å². The Morgan fingerprint density at radius 3 is 2.44 bits per heavy atom. The van der Waals surface area contributed by atoms with Gasteiger partial charge in [0.05, 0.1) is 0 Å². The number of amides is 1. The molecule has 7 heteroatoms. The number of carbonyl (C=O) groups is 1. The first-order valence-corrected chi connectivity index (χ1v) is 10.7. The zero-order chi connectivity index (χ0) is 18.4. The van der Waals surface area contributed by atoms with Crippen LogP contribution in [0.2, 0.25) is 0 Å². The lowest BCUT2D eigenvalue weighted by molar-refractivity contribution is -0.134. The van der Waals surface area contributed by atoms with E-state index >= 15 is 0 Å². The van der Waals surface area contributed by atoms with Crippen LogP contribution in [0.25, 0.3) is 0 Å². The molecule has 2 saturated heterocycles. The highest BCUT2D eigenvalue weighted by atomic mass is 127. The van der Waals surface area contributed by atoms with Gasteiger partial charge in [0.2, 0.25) is 5.91 Å². The topological polar surface area (TPSA) is 60.0 Å². The summed E-state index contributed by atoms with van der Waals surface area (Å²) in [6.07, 6.45) is 9.46. The van der Waals surface area contributed by atoms with Crippen LogP contribution in [0.5, 0.6) is 0 Å². The second kappa shape index (κ2) is 11.4. The zero-order valence-corrected chi connectivity index (χ0v) is 19.4. The molecule has 1 aliphatic carbocycles. The Hall–Kier alpha value is -0.570. The molecule has 3 aliphatic rings. The lowest BCUT2D eigenvalue weighted by atomic mass is 10.1. The molecule has 27 heavy (non-hydrogen) atoms. The number of aliphatic imine (C=N–C) groups is 1. The quantitative estimate of drug-likeness (QED) is 0.341. The van der Waals surface area contributed by atoms with Gasteiger partial charge in [0.25, 0.3) is 0 Å². The van der Waals surface area contributed by atoms with E-state index in [9.17, 15) is 4.79 Å². The second-order valence-corrected chi connectivity index (χ2v) is 8.15. The van der Waals surface area contributed by atoms with Crippen molar-refractivity contribution < 1.29 is 4.79 Å². The molecule has 156 valence electrons. The molecule has 1 amide bonds. The van der Waals surface area contributed by atoms with E-state index in [4.69, 9.17) is 0 Å². The van der Waals surface area contributed by atoms with Crippen molar-refractivity contribution in [3.63, 3.8) is 0 Å². The minimum atomic E-state index is 0. The van der Waals surface area contributed by atoms with E-state index in [0.717, 1.165) is 51.3 Å². The normalized spacial score (nSPS) is 25.5. The van der Waals surface area contributed by atoms with Crippen molar-refractivity contribution in [1.29, 1.82) is 0 Å². The third-order valence-electron chi connectivity index (χ3n) is 6.40. The molecular weight excluding hydrogens is 453 g/mol. The van der Waals surface area contributed by atoms with Gasteiger partial charge in [-0.25, -0.2) is 0 Å². The van der Waals surface area contributed by atoms with Gasteiger partial charge in [0, 0.05) is 44.7 Å². The average Bonchev–Trinajstić information content (AvgIpc) is 3.42. The van der Waals surface area contributed by atoms with Crippen molar-refractivity contribution in [1.82, 2.24) is 20.4 Å². The fourth-order valence-corrected chi connectivity index (χ4v) is 4.75. The molecule has 2 atom stereocenters. The summed E-state index contributed by atoms with van der Waals surface area (Å²) in [7, 11) is 1.84. The van der Waals surface area contributed by atoms with Crippen LogP contribution in [0.15, 0.2) is 4.99 Å². The minimum absolute atomic E-state index is 0. The van der Waals surface area contributed by atoms with Gasteiger partial charge >= 0.3 is 0 Å². The molecule has 0 radical (unpaired) electrons. The largest absolute Gasteiger partial charge is 0.355 e. The molecule has 1 saturated carbocycles. The van der Waals surface area contributed by atoms with Crippen molar-refractivity contribution in [3.05, 3.63) is 0 Å². The molecule has 3 fully saturated rings. The highest BCUT2D eigenvalue weighted by Crippen LogP contribution is 2.27. The van der Waals surface area contributed by atoms with Crippen LogP contribution >= 0.6 is 24.0 Å². The summed E-state index contributed by atoms with van der Waals surface area (Å²) in [5.74, 6) is 1.55. The number of halogens is 1. The number of carbonyl (C=O) groups excluding carboxylic acids is 1. The summed E-state index contributed by atoms with van der Waals surface area (Å²) in [6.45, 7) is 7.37. The second-order valence-electron chi connectivity index (χ2n) is 8.15. The summed E-state index contributed by atoms with van der Waals surface area (Å²) in [5, 5.41) is 7.05. The lowest BCUT2D eigenvalue weighted by Gasteiger charge is -2.28. The van der Waals surface area contributed by atoms with Crippen molar-refractivity contribution in [2.75, 3.05) is 39.8 Å².